The summed E-state index contributed by atoms with van der Waals surface area (Å²) in [5, 5.41) is 0.410. The first-order chi connectivity index (χ1) is 7.22. The number of hydrogen-bond acceptors (Lipinski definition) is 2. The van der Waals surface area contributed by atoms with Gasteiger partial charge in [0, 0.05) is 16.0 Å². The minimum atomic E-state index is -3.56. The van der Waals surface area contributed by atoms with Gasteiger partial charge >= 0.3 is 0 Å². The first-order valence-electron chi connectivity index (χ1n) is 4.87. The molecule has 0 unspecified atom stereocenters. The molecule has 16 heavy (non-hydrogen) atoms. The summed E-state index contributed by atoms with van der Waals surface area (Å²) in [6.45, 7) is 5.81. The first kappa shape index (κ1) is 11.6. The molecule has 1 aliphatic rings. The Balaban J connectivity index is 2.75. The van der Waals surface area contributed by atoms with Gasteiger partial charge in [-0.25, -0.2) is 0 Å². The summed E-state index contributed by atoms with van der Waals surface area (Å²) >= 11 is 5.80. The van der Waals surface area contributed by atoms with Crippen molar-refractivity contribution in [3.05, 3.63) is 28.8 Å². The SMILES string of the molecule is CC(C)(C)C1=NS(=O)(=O)c2cc(Cl)ccc21. The lowest BCUT2D eigenvalue weighted by molar-refractivity contribution is 0.589. The van der Waals surface area contributed by atoms with Crippen LogP contribution < -0.4 is 0 Å². The molecule has 0 amide bonds. The van der Waals surface area contributed by atoms with Crippen LogP contribution in [-0.4, -0.2) is 14.1 Å². The van der Waals surface area contributed by atoms with Gasteiger partial charge in [-0.15, -0.1) is 0 Å². The van der Waals surface area contributed by atoms with Crippen LogP contribution in [0.15, 0.2) is 27.5 Å². The van der Waals surface area contributed by atoms with Crippen molar-refractivity contribution in [2.45, 2.75) is 25.7 Å². The zero-order chi connectivity index (χ0) is 12.1. The summed E-state index contributed by atoms with van der Waals surface area (Å²) in [6.07, 6.45) is 0. The fourth-order valence-electron chi connectivity index (χ4n) is 1.66. The topological polar surface area (TPSA) is 46.5 Å². The maximum atomic E-state index is 11.8. The predicted molar refractivity (Wildman–Crippen MR) is 64.6 cm³/mol. The highest BCUT2D eigenvalue weighted by atomic mass is 35.5. The maximum Gasteiger partial charge on any atom is 0.283 e. The number of sulfonamides is 1. The Labute approximate surface area is 100 Å². The van der Waals surface area contributed by atoms with Crippen molar-refractivity contribution in [2.24, 2.45) is 9.81 Å². The Bertz CT molecular complexity index is 582. The third kappa shape index (κ3) is 1.76. The van der Waals surface area contributed by atoms with Gasteiger partial charge in [0.1, 0.15) is 0 Å². The molecule has 1 heterocycles. The molecular weight excluding hydrogens is 246 g/mol. The van der Waals surface area contributed by atoms with Crippen molar-refractivity contribution in [1.29, 1.82) is 0 Å². The van der Waals surface area contributed by atoms with E-state index in [9.17, 15) is 8.42 Å². The highest BCUT2D eigenvalue weighted by Crippen LogP contribution is 2.35. The number of nitrogens with zero attached hydrogens (tertiary/aromatic N) is 1. The van der Waals surface area contributed by atoms with E-state index in [1.807, 2.05) is 20.8 Å². The molecule has 0 spiro atoms. The zero-order valence-corrected chi connectivity index (χ0v) is 10.9. The lowest BCUT2D eigenvalue weighted by atomic mass is 9.86. The lowest BCUT2D eigenvalue weighted by Gasteiger charge is -2.18. The second-order valence-electron chi connectivity index (χ2n) is 4.81. The van der Waals surface area contributed by atoms with E-state index in [2.05, 4.69) is 4.40 Å². The van der Waals surface area contributed by atoms with Crippen molar-refractivity contribution in [2.75, 3.05) is 0 Å². The average Bonchev–Trinajstić information content (AvgIpc) is 2.38. The van der Waals surface area contributed by atoms with E-state index in [0.717, 1.165) is 0 Å². The number of rotatable bonds is 0. The summed E-state index contributed by atoms with van der Waals surface area (Å²) in [5.41, 5.74) is 0.961. The van der Waals surface area contributed by atoms with E-state index in [-0.39, 0.29) is 10.3 Å². The summed E-state index contributed by atoms with van der Waals surface area (Å²) in [5.74, 6) is 0. The standard InChI is InChI=1S/C11H12ClNO2S/c1-11(2,3)10-8-5-4-7(12)6-9(8)16(14,15)13-10/h4-6H,1-3H3. The van der Waals surface area contributed by atoms with Gasteiger partial charge in [0.05, 0.1) is 10.6 Å². The molecular formula is C11H12ClNO2S. The minimum absolute atomic E-state index is 0.213. The normalized spacial score (nSPS) is 18.1. The van der Waals surface area contributed by atoms with E-state index in [0.29, 0.717) is 16.3 Å². The summed E-state index contributed by atoms with van der Waals surface area (Å²) in [4.78, 5) is 0.213. The van der Waals surface area contributed by atoms with Gasteiger partial charge in [0.2, 0.25) is 0 Å². The van der Waals surface area contributed by atoms with Crippen LogP contribution in [0, 0.1) is 5.41 Å². The van der Waals surface area contributed by atoms with Crippen LogP contribution in [0.4, 0.5) is 0 Å². The molecule has 0 atom stereocenters. The van der Waals surface area contributed by atoms with E-state index >= 15 is 0 Å². The molecule has 1 aromatic carbocycles. The minimum Gasteiger partial charge on any atom is -0.199 e. The number of halogens is 1. The van der Waals surface area contributed by atoms with Gasteiger partial charge < -0.3 is 0 Å². The first-order valence-corrected chi connectivity index (χ1v) is 6.69. The largest absolute Gasteiger partial charge is 0.283 e. The van der Waals surface area contributed by atoms with Crippen molar-refractivity contribution in [1.82, 2.24) is 0 Å². The van der Waals surface area contributed by atoms with Gasteiger partial charge in [0.25, 0.3) is 10.0 Å². The zero-order valence-electron chi connectivity index (χ0n) is 9.28. The summed E-state index contributed by atoms with van der Waals surface area (Å²) in [6, 6.07) is 4.85. The van der Waals surface area contributed by atoms with E-state index in [1.54, 1.807) is 12.1 Å². The monoisotopic (exact) mass is 257 g/mol. The van der Waals surface area contributed by atoms with Crippen molar-refractivity contribution in [3.8, 4) is 0 Å². The van der Waals surface area contributed by atoms with Crippen molar-refractivity contribution in [3.63, 3.8) is 0 Å². The maximum absolute atomic E-state index is 11.8. The molecule has 3 nitrogen and oxygen atoms in total. The van der Waals surface area contributed by atoms with Gasteiger partial charge in [-0.3, -0.25) is 0 Å². The molecule has 1 aliphatic heterocycles. The molecule has 0 N–H and O–H groups in total. The van der Waals surface area contributed by atoms with Gasteiger partial charge in [0.15, 0.2) is 0 Å². The molecule has 0 aliphatic carbocycles. The number of benzene rings is 1. The predicted octanol–water partition coefficient (Wildman–Crippen LogP) is 2.88. The molecule has 0 bridgehead atoms. The highest BCUT2D eigenvalue weighted by Gasteiger charge is 2.34. The van der Waals surface area contributed by atoms with E-state index in [4.69, 9.17) is 11.6 Å². The third-order valence-electron chi connectivity index (χ3n) is 2.40. The van der Waals surface area contributed by atoms with Crippen molar-refractivity contribution >= 4 is 27.3 Å². The highest BCUT2D eigenvalue weighted by molar-refractivity contribution is 7.90. The lowest BCUT2D eigenvalue weighted by Crippen LogP contribution is -2.19. The molecule has 0 aromatic heterocycles. The number of fused-ring (bicyclic) bond motifs is 1. The van der Waals surface area contributed by atoms with Gasteiger partial charge in [-0.2, -0.15) is 12.8 Å². The molecule has 0 fully saturated rings. The van der Waals surface area contributed by atoms with Crippen LogP contribution in [0.5, 0.6) is 0 Å². The molecule has 86 valence electrons. The molecule has 5 heteroatoms. The van der Waals surface area contributed by atoms with Crippen LogP contribution in [0.1, 0.15) is 26.3 Å². The van der Waals surface area contributed by atoms with E-state index < -0.39 is 10.0 Å². The summed E-state index contributed by atoms with van der Waals surface area (Å²) < 4.78 is 27.5. The summed E-state index contributed by atoms with van der Waals surface area (Å²) in [7, 11) is -3.56. The van der Waals surface area contributed by atoms with Crippen LogP contribution in [0.2, 0.25) is 5.02 Å². The van der Waals surface area contributed by atoms with Gasteiger partial charge in [-0.05, 0) is 12.1 Å². The second-order valence-corrected chi connectivity index (χ2v) is 6.81. The van der Waals surface area contributed by atoms with Crippen LogP contribution in [-0.2, 0) is 10.0 Å². The van der Waals surface area contributed by atoms with Crippen LogP contribution in [0.25, 0.3) is 0 Å². The average molecular weight is 258 g/mol. The second kappa shape index (κ2) is 3.31. The van der Waals surface area contributed by atoms with Crippen molar-refractivity contribution < 1.29 is 8.42 Å². The van der Waals surface area contributed by atoms with E-state index in [1.165, 1.54) is 6.07 Å². The molecule has 2 rings (SSSR count). The molecule has 1 aromatic rings. The fraction of sp³-hybridized carbons (Fsp3) is 0.364. The quantitative estimate of drug-likeness (QED) is 0.717. The fourth-order valence-corrected chi connectivity index (χ4v) is 3.33. The Hall–Kier alpha value is -0.870. The Morgan fingerprint density at radius 3 is 2.44 bits per heavy atom. The number of hydrogen-bond donors (Lipinski definition) is 0. The smallest absolute Gasteiger partial charge is 0.199 e. The Kier molecular flexibility index (Phi) is 2.40. The Morgan fingerprint density at radius 2 is 1.88 bits per heavy atom. The Morgan fingerprint density at radius 1 is 1.25 bits per heavy atom. The van der Waals surface area contributed by atoms with Gasteiger partial charge in [-0.1, -0.05) is 38.4 Å². The molecule has 0 saturated carbocycles. The molecule has 0 saturated heterocycles. The van der Waals surface area contributed by atoms with Crippen LogP contribution in [0.3, 0.4) is 0 Å². The van der Waals surface area contributed by atoms with Crippen LogP contribution >= 0.6 is 11.6 Å². The molecule has 0 radical (unpaired) electrons. The third-order valence-corrected chi connectivity index (χ3v) is 3.95.